The van der Waals surface area contributed by atoms with Gasteiger partial charge in [-0.25, -0.2) is 0 Å². The molecule has 2 atom stereocenters. The molecule has 1 aliphatic heterocycles. The number of ether oxygens (including phenoxy) is 2. The zero-order chi connectivity index (χ0) is 23.1. The Labute approximate surface area is 208 Å². The average molecular weight is 496 g/mol. The molecular weight excluding hydrogens is 458 g/mol. The normalized spacial score (nSPS) is 17.0. The van der Waals surface area contributed by atoms with Crippen molar-refractivity contribution in [2.75, 3.05) is 32.1 Å². The summed E-state index contributed by atoms with van der Waals surface area (Å²) in [5.41, 5.74) is 1.76. The Hall–Kier alpha value is -1.80. The highest BCUT2D eigenvalue weighted by Gasteiger charge is 2.27. The first-order valence-corrected chi connectivity index (χ1v) is 12.6. The van der Waals surface area contributed by atoms with Crippen LogP contribution < -0.4 is 14.8 Å². The van der Waals surface area contributed by atoms with E-state index in [-0.39, 0.29) is 24.5 Å². The molecule has 184 valence electrons. The minimum Gasteiger partial charge on any atom is -0.492 e. The second kappa shape index (κ2) is 13.2. The Kier molecular flexibility index (Phi) is 11.0. The van der Waals surface area contributed by atoms with Crippen LogP contribution in [0.3, 0.4) is 0 Å². The van der Waals surface area contributed by atoms with E-state index in [1.807, 2.05) is 29.6 Å². The summed E-state index contributed by atoms with van der Waals surface area (Å²) in [7, 11) is 1.68. The number of benzene rings is 1. The molecule has 0 bridgehead atoms. The molecule has 0 radical (unpaired) electrons. The first kappa shape index (κ1) is 27.4. The van der Waals surface area contributed by atoms with Crippen molar-refractivity contribution in [1.29, 1.82) is 0 Å². The monoisotopic (exact) mass is 495 g/mol. The van der Waals surface area contributed by atoms with Crippen molar-refractivity contribution in [3.8, 4) is 11.5 Å². The van der Waals surface area contributed by atoms with Crippen molar-refractivity contribution < 1.29 is 14.3 Å². The van der Waals surface area contributed by atoms with Crippen LogP contribution in [0.4, 0.5) is 5.69 Å². The minimum atomic E-state index is -0.0954. The van der Waals surface area contributed by atoms with Crippen LogP contribution in [-0.4, -0.2) is 54.7 Å². The molecular formula is C25H38ClN3O3S. The fraction of sp³-hybridized carbons (Fsp3) is 0.560. The fourth-order valence-electron chi connectivity index (χ4n) is 4.55. The van der Waals surface area contributed by atoms with E-state index in [0.717, 1.165) is 43.9 Å². The first-order valence-electron chi connectivity index (χ1n) is 11.7. The second-order valence-corrected chi connectivity index (χ2v) is 9.12. The highest BCUT2D eigenvalue weighted by atomic mass is 35.5. The Morgan fingerprint density at radius 2 is 2.03 bits per heavy atom. The van der Waals surface area contributed by atoms with E-state index in [2.05, 4.69) is 42.8 Å². The summed E-state index contributed by atoms with van der Waals surface area (Å²) in [5.74, 6) is 1.32. The number of likely N-dealkylation sites (tertiary alicyclic amines) is 1. The number of anilines is 1. The van der Waals surface area contributed by atoms with Crippen molar-refractivity contribution in [2.45, 2.75) is 65.8 Å². The number of carbonyl (C=O) groups excluding carboxylic acids is 1. The number of amides is 1. The van der Waals surface area contributed by atoms with Gasteiger partial charge in [0.15, 0.2) is 11.5 Å². The molecule has 1 aromatic heterocycles. The standard InChI is InChI=1S/C25H37N3O3S.ClH/c1-6-19-11-9-15-28(19)17-20-21(26-25(29)23-12-10-16-32-23)13-14-22(24(20)30-5)31-18(4)27(7-2)8-3;/h10,12-14,16,18-19H,6-9,11,15,17H2,1-5H3,(H,26,29);1H/t18?,19-;/m0./s1. The van der Waals surface area contributed by atoms with Gasteiger partial charge in [0.25, 0.3) is 5.91 Å². The van der Waals surface area contributed by atoms with Crippen LogP contribution in [0.15, 0.2) is 29.6 Å². The van der Waals surface area contributed by atoms with Gasteiger partial charge in [-0.3, -0.25) is 14.6 Å². The van der Waals surface area contributed by atoms with Gasteiger partial charge in [-0.15, -0.1) is 23.7 Å². The molecule has 1 N–H and O–H groups in total. The summed E-state index contributed by atoms with van der Waals surface area (Å²) in [5, 5.41) is 5.03. The van der Waals surface area contributed by atoms with Gasteiger partial charge in [0.2, 0.25) is 0 Å². The number of rotatable bonds is 11. The van der Waals surface area contributed by atoms with Crippen LogP contribution in [0.25, 0.3) is 0 Å². The Bertz CT molecular complexity index is 874. The van der Waals surface area contributed by atoms with E-state index in [9.17, 15) is 4.79 Å². The van der Waals surface area contributed by atoms with Crippen molar-refractivity contribution >= 4 is 35.3 Å². The van der Waals surface area contributed by atoms with Gasteiger partial charge in [-0.05, 0) is 69.4 Å². The molecule has 0 spiro atoms. The topological polar surface area (TPSA) is 54.0 Å². The second-order valence-electron chi connectivity index (χ2n) is 8.17. The third-order valence-corrected chi connectivity index (χ3v) is 7.25. The third-order valence-electron chi connectivity index (χ3n) is 6.38. The van der Waals surface area contributed by atoms with Crippen LogP contribution in [-0.2, 0) is 6.54 Å². The van der Waals surface area contributed by atoms with Crippen molar-refractivity contribution in [1.82, 2.24) is 9.80 Å². The molecule has 2 aromatic rings. The fourth-order valence-corrected chi connectivity index (χ4v) is 5.17. The van der Waals surface area contributed by atoms with Crippen LogP contribution in [0.2, 0.25) is 0 Å². The number of hydrogen-bond acceptors (Lipinski definition) is 6. The van der Waals surface area contributed by atoms with Gasteiger partial charge in [-0.2, -0.15) is 0 Å². The van der Waals surface area contributed by atoms with Gasteiger partial charge in [0, 0.05) is 23.8 Å². The lowest BCUT2D eigenvalue weighted by Gasteiger charge is -2.29. The van der Waals surface area contributed by atoms with Gasteiger partial charge >= 0.3 is 0 Å². The molecule has 6 nitrogen and oxygen atoms in total. The van der Waals surface area contributed by atoms with Gasteiger partial charge in [0.1, 0.15) is 6.23 Å². The number of nitrogens with one attached hydrogen (secondary N) is 1. The van der Waals surface area contributed by atoms with Crippen LogP contribution in [0.1, 0.15) is 62.2 Å². The minimum absolute atomic E-state index is 0. The lowest BCUT2D eigenvalue weighted by molar-refractivity contribution is 0.0456. The maximum absolute atomic E-state index is 12.8. The van der Waals surface area contributed by atoms with Crippen LogP contribution >= 0.6 is 23.7 Å². The predicted molar refractivity (Wildman–Crippen MR) is 139 cm³/mol. The summed E-state index contributed by atoms with van der Waals surface area (Å²) in [6, 6.07) is 8.15. The van der Waals surface area contributed by atoms with E-state index >= 15 is 0 Å². The number of thiophene rings is 1. The SMILES string of the molecule is CC[C@H]1CCCN1Cc1c(NC(=O)c2cccs2)ccc(OC(C)N(CC)CC)c1OC.Cl. The molecule has 2 heterocycles. The van der Waals surface area contributed by atoms with E-state index < -0.39 is 0 Å². The molecule has 1 aliphatic rings. The lowest BCUT2D eigenvalue weighted by Crippen LogP contribution is -2.37. The largest absolute Gasteiger partial charge is 0.492 e. The Balaban J connectivity index is 0.00000385. The first-order chi connectivity index (χ1) is 15.5. The molecule has 1 saturated heterocycles. The summed E-state index contributed by atoms with van der Waals surface area (Å²) in [4.78, 5) is 18.3. The number of nitrogens with zero attached hydrogens (tertiary/aromatic N) is 2. The maximum Gasteiger partial charge on any atom is 0.265 e. The van der Waals surface area contributed by atoms with Crippen molar-refractivity contribution in [2.24, 2.45) is 0 Å². The van der Waals surface area contributed by atoms with E-state index in [4.69, 9.17) is 9.47 Å². The van der Waals surface area contributed by atoms with Gasteiger partial charge in [0.05, 0.1) is 12.0 Å². The lowest BCUT2D eigenvalue weighted by atomic mass is 10.1. The van der Waals surface area contributed by atoms with Crippen LogP contribution in [0.5, 0.6) is 11.5 Å². The number of methoxy groups -OCH3 is 1. The quantitative estimate of drug-likeness (QED) is 0.395. The predicted octanol–water partition coefficient (Wildman–Crippen LogP) is 5.87. The van der Waals surface area contributed by atoms with E-state index in [1.54, 1.807) is 7.11 Å². The zero-order valence-corrected chi connectivity index (χ0v) is 22.1. The summed E-state index contributed by atoms with van der Waals surface area (Å²) in [6.07, 6.45) is 3.46. The average Bonchev–Trinajstić information content (AvgIpc) is 3.48. The highest BCUT2D eigenvalue weighted by molar-refractivity contribution is 7.12. The summed E-state index contributed by atoms with van der Waals surface area (Å²) in [6.45, 7) is 12.2. The van der Waals surface area contributed by atoms with Crippen molar-refractivity contribution in [3.05, 3.63) is 40.1 Å². The Morgan fingerprint density at radius 1 is 1.27 bits per heavy atom. The number of hydrogen-bond donors (Lipinski definition) is 1. The van der Waals surface area contributed by atoms with Crippen molar-refractivity contribution in [3.63, 3.8) is 0 Å². The smallest absolute Gasteiger partial charge is 0.265 e. The van der Waals surface area contributed by atoms with Gasteiger partial charge < -0.3 is 14.8 Å². The molecule has 33 heavy (non-hydrogen) atoms. The summed E-state index contributed by atoms with van der Waals surface area (Å²) < 4.78 is 12.2. The van der Waals surface area contributed by atoms with E-state index in [1.165, 1.54) is 24.2 Å². The number of carbonyl (C=O) groups is 1. The Morgan fingerprint density at radius 3 is 2.64 bits per heavy atom. The summed E-state index contributed by atoms with van der Waals surface area (Å²) >= 11 is 1.44. The maximum atomic E-state index is 12.8. The molecule has 1 fully saturated rings. The molecule has 1 unspecified atom stereocenters. The van der Waals surface area contributed by atoms with Crippen LogP contribution in [0, 0.1) is 0 Å². The highest BCUT2D eigenvalue weighted by Crippen LogP contribution is 2.39. The molecule has 8 heteroatoms. The molecule has 0 saturated carbocycles. The molecule has 1 aromatic carbocycles. The molecule has 1 amide bonds. The molecule has 0 aliphatic carbocycles. The van der Waals surface area contributed by atoms with Gasteiger partial charge in [-0.1, -0.05) is 26.8 Å². The number of halogens is 1. The molecule has 3 rings (SSSR count). The van der Waals surface area contributed by atoms with E-state index in [0.29, 0.717) is 22.4 Å². The zero-order valence-electron chi connectivity index (χ0n) is 20.4. The third kappa shape index (κ3) is 6.63.